The Bertz CT molecular complexity index is 1190. The third-order valence-electron chi connectivity index (χ3n) is 5.94. The van der Waals surface area contributed by atoms with Crippen LogP contribution in [0.15, 0.2) is 21.9 Å². The molecule has 2 aromatic carbocycles. The summed E-state index contributed by atoms with van der Waals surface area (Å²) in [7, 11) is 1.80. The van der Waals surface area contributed by atoms with Gasteiger partial charge in [-0.2, -0.15) is 0 Å². The predicted molar refractivity (Wildman–Crippen MR) is 157 cm³/mol. The van der Waals surface area contributed by atoms with Crippen molar-refractivity contribution in [2.75, 3.05) is 23.7 Å². The van der Waals surface area contributed by atoms with Gasteiger partial charge in [0.25, 0.3) is 11.4 Å². The highest BCUT2D eigenvalue weighted by atomic mass is 33.1. The monoisotopic (exact) mass is 596 g/mol. The van der Waals surface area contributed by atoms with Crippen molar-refractivity contribution in [1.82, 2.24) is 0 Å². The van der Waals surface area contributed by atoms with Gasteiger partial charge in [0.1, 0.15) is 22.5 Å². The van der Waals surface area contributed by atoms with E-state index in [2.05, 4.69) is 10.6 Å². The number of nitro benzene ring substituents is 4. The molecule has 0 amide bonds. The van der Waals surface area contributed by atoms with Crippen molar-refractivity contribution in [2.45, 2.75) is 76.0 Å². The first-order chi connectivity index (χ1) is 19.0. The molecule has 2 aromatic rings. The van der Waals surface area contributed by atoms with E-state index >= 15 is 0 Å². The lowest BCUT2D eigenvalue weighted by Crippen LogP contribution is -2.09. The summed E-state index contributed by atoms with van der Waals surface area (Å²) in [6.07, 6.45) is 2.66. The summed E-state index contributed by atoms with van der Waals surface area (Å²) in [6, 6.07) is 2.50. The van der Waals surface area contributed by atoms with Crippen molar-refractivity contribution in [1.29, 1.82) is 0 Å². The number of anilines is 2. The van der Waals surface area contributed by atoms with Crippen molar-refractivity contribution in [3.05, 3.63) is 63.7 Å². The molecule has 218 valence electrons. The Morgan fingerprint density at radius 3 is 1.23 bits per heavy atom. The predicted octanol–water partition coefficient (Wildman–Crippen LogP) is 7.67. The van der Waals surface area contributed by atoms with Crippen molar-refractivity contribution in [2.24, 2.45) is 0 Å². The van der Waals surface area contributed by atoms with E-state index in [4.69, 9.17) is 0 Å². The minimum atomic E-state index is -0.662. The van der Waals surface area contributed by atoms with E-state index in [0.29, 0.717) is 25.7 Å². The van der Waals surface area contributed by atoms with Crippen molar-refractivity contribution >= 4 is 55.7 Å². The van der Waals surface area contributed by atoms with Gasteiger partial charge in [0.05, 0.1) is 29.5 Å². The topological polar surface area (TPSA) is 197 Å². The fraction of sp³-hybridized carbons (Fsp3) is 0.500. The molecule has 2 rings (SSSR count). The molecule has 40 heavy (non-hydrogen) atoms. The number of nitrogens with zero attached hydrogens (tertiary/aromatic N) is 4. The minimum Gasteiger partial charge on any atom is -0.379 e. The van der Waals surface area contributed by atoms with E-state index in [1.165, 1.54) is 12.1 Å². The van der Waals surface area contributed by atoms with Gasteiger partial charge in [-0.25, -0.2) is 0 Å². The second-order valence-electron chi connectivity index (χ2n) is 8.65. The second-order valence-corrected chi connectivity index (χ2v) is 10.9. The second kappa shape index (κ2) is 15.2. The van der Waals surface area contributed by atoms with Gasteiger partial charge in [-0.3, -0.25) is 40.5 Å². The highest BCUT2D eigenvalue weighted by molar-refractivity contribution is 8.76. The third-order valence-corrected chi connectivity index (χ3v) is 8.35. The van der Waals surface area contributed by atoms with Gasteiger partial charge >= 0.3 is 11.4 Å². The first-order valence-corrected chi connectivity index (χ1v) is 15.0. The standard InChI is InChI=1S/C24H32N6O8S2/c1-5-9-11-15-17(27(31)32)13-19(21(25-7-3)23(15)29(35)36)39-40-20-14-18(28(33)34)16(12-10-6-2)24(30(37)38)22(20)26-8-4/h13-14,25-26H,5-12H2,1-4H3. The zero-order valence-corrected chi connectivity index (χ0v) is 24.3. The molecule has 0 saturated carbocycles. The molecule has 0 aliphatic heterocycles. The number of nitro groups is 4. The highest BCUT2D eigenvalue weighted by Gasteiger charge is 2.34. The summed E-state index contributed by atoms with van der Waals surface area (Å²) >= 11 is 0. The van der Waals surface area contributed by atoms with E-state index in [-0.39, 0.29) is 58.2 Å². The molecule has 0 atom stereocenters. The summed E-state index contributed by atoms with van der Waals surface area (Å²) < 4.78 is 0. The molecule has 0 saturated heterocycles. The van der Waals surface area contributed by atoms with Gasteiger partial charge in [-0.05, 0) is 61.1 Å². The number of hydrogen-bond acceptors (Lipinski definition) is 12. The van der Waals surface area contributed by atoms with Gasteiger partial charge in [0.15, 0.2) is 0 Å². The molecular weight excluding hydrogens is 564 g/mol. The lowest BCUT2D eigenvalue weighted by Gasteiger charge is -2.16. The molecule has 0 fully saturated rings. The fourth-order valence-corrected chi connectivity index (χ4v) is 6.52. The Labute approximate surface area is 238 Å². The van der Waals surface area contributed by atoms with Crippen LogP contribution in [0.2, 0.25) is 0 Å². The van der Waals surface area contributed by atoms with E-state index in [0.717, 1.165) is 21.6 Å². The van der Waals surface area contributed by atoms with Gasteiger partial charge in [-0.15, -0.1) is 0 Å². The molecule has 14 nitrogen and oxygen atoms in total. The van der Waals surface area contributed by atoms with Gasteiger partial charge in [0.2, 0.25) is 0 Å². The zero-order valence-electron chi connectivity index (χ0n) is 22.7. The SMILES string of the molecule is CCCCc1c([N+](=O)[O-])cc(SSc2cc([N+](=O)[O-])c(CCCC)c([N+](=O)[O-])c2NCC)c(NCC)c1[N+](=O)[O-]. The number of unbranched alkanes of at least 4 members (excludes halogenated alkanes) is 2. The van der Waals surface area contributed by atoms with Crippen LogP contribution in [-0.2, 0) is 12.8 Å². The molecule has 0 aliphatic carbocycles. The summed E-state index contributed by atoms with van der Waals surface area (Å²) in [5.41, 5.74) is -1.38. The lowest BCUT2D eigenvalue weighted by molar-refractivity contribution is -0.395. The van der Waals surface area contributed by atoms with Crippen LogP contribution in [0.3, 0.4) is 0 Å². The highest BCUT2D eigenvalue weighted by Crippen LogP contribution is 2.52. The quantitative estimate of drug-likeness (QED) is 0.103. The molecule has 0 unspecified atom stereocenters. The van der Waals surface area contributed by atoms with Crippen LogP contribution in [0.1, 0.15) is 64.5 Å². The Kier molecular flexibility index (Phi) is 12.4. The van der Waals surface area contributed by atoms with Crippen LogP contribution in [0, 0.1) is 40.5 Å². The van der Waals surface area contributed by atoms with Gasteiger partial charge in [-0.1, -0.05) is 26.7 Å². The minimum absolute atomic E-state index is 0.0158. The Balaban J connectivity index is 2.79. The third kappa shape index (κ3) is 7.50. The van der Waals surface area contributed by atoms with E-state index in [1.807, 2.05) is 13.8 Å². The van der Waals surface area contributed by atoms with Crippen molar-refractivity contribution in [3.63, 3.8) is 0 Å². The van der Waals surface area contributed by atoms with E-state index in [9.17, 15) is 40.5 Å². The molecule has 0 heterocycles. The number of benzene rings is 2. The van der Waals surface area contributed by atoms with Crippen molar-refractivity contribution < 1.29 is 19.7 Å². The average Bonchev–Trinajstić information content (AvgIpc) is 2.89. The molecule has 0 bridgehead atoms. The van der Waals surface area contributed by atoms with Crippen LogP contribution in [0.4, 0.5) is 34.1 Å². The zero-order chi connectivity index (χ0) is 30.0. The summed E-state index contributed by atoms with van der Waals surface area (Å²) in [5.74, 6) is 0. The molecule has 0 spiro atoms. The summed E-state index contributed by atoms with van der Waals surface area (Å²) in [5, 5.41) is 54.1. The Morgan fingerprint density at radius 2 is 0.975 bits per heavy atom. The van der Waals surface area contributed by atoms with Crippen molar-refractivity contribution in [3.8, 4) is 0 Å². The number of hydrogen-bond donors (Lipinski definition) is 2. The molecule has 0 aromatic heterocycles. The maximum atomic E-state index is 12.2. The maximum absolute atomic E-state index is 12.2. The van der Waals surface area contributed by atoms with Crippen LogP contribution in [0.5, 0.6) is 0 Å². The largest absolute Gasteiger partial charge is 0.379 e. The number of rotatable bonds is 17. The molecular formula is C24H32N6O8S2. The van der Waals surface area contributed by atoms with Gasteiger partial charge in [0, 0.05) is 25.2 Å². The average molecular weight is 597 g/mol. The first-order valence-electron chi connectivity index (χ1n) is 12.8. The van der Waals surface area contributed by atoms with Crippen LogP contribution in [-0.4, -0.2) is 32.8 Å². The van der Waals surface area contributed by atoms with E-state index < -0.39 is 42.4 Å². The Hall–Kier alpha value is -3.66. The van der Waals surface area contributed by atoms with Crippen LogP contribution >= 0.6 is 21.6 Å². The van der Waals surface area contributed by atoms with Crippen LogP contribution in [0.25, 0.3) is 0 Å². The molecule has 0 radical (unpaired) electrons. The summed E-state index contributed by atoms with van der Waals surface area (Å²) in [4.78, 5) is 45.9. The normalized spacial score (nSPS) is 10.8. The van der Waals surface area contributed by atoms with Gasteiger partial charge < -0.3 is 10.6 Å². The maximum Gasteiger partial charge on any atom is 0.303 e. The number of nitrogens with one attached hydrogen (secondary N) is 2. The fourth-order valence-electron chi connectivity index (χ4n) is 4.19. The van der Waals surface area contributed by atoms with Crippen LogP contribution < -0.4 is 10.6 Å². The smallest absolute Gasteiger partial charge is 0.303 e. The molecule has 0 aliphatic rings. The first kappa shape index (κ1) is 32.6. The molecule has 2 N–H and O–H groups in total. The molecule has 16 heteroatoms. The Morgan fingerprint density at radius 1 is 0.625 bits per heavy atom. The van der Waals surface area contributed by atoms with E-state index in [1.54, 1.807) is 13.8 Å². The lowest BCUT2D eigenvalue weighted by atomic mass is 10.0. The summed E-state index contributed by atoms with van der Waals surface area (Å²) in [6.45, 7) is 7.77.